The van der Waals surface area contributed by atoms with Crippen molar-refractivity contribution in [3.05, 3.63) is 397 Å². The van der Waals surface area contributed by atoms with Crippen LogP contribution >= 0.6 is 0 Å². The molecule has 1 aromatic heterocycles. The number of anilines is 3. The van der Waals surface area contributed by atoms with Crippen LogP contribution in [0.4, 0.5) is 17.1 Å². The van der Waals surface area contributed by atoms with Crippen molar-refractivity contribution < 1.29 is 9.47 Å². The first-order valence-corrected chi connectivity index (χ1v) is 38.0. The largest absolute Gasteiger partial charge is 0.494 e. The van der Waals surface area contributed by atoms with Crippen molar-refractivity contribution >= 4 is 51.0 Å². The molecule has 0 bridgehead atoms. The van der Waals surface area contributed by atoms with E-state index in [1.54, 1.807) is 0 Å². The molecular formula is C102H86N2O2. The standard InChI is InChI=1S/C102H86N2O2/c1-3-73-40-59-87(60-41-73)105-68-26-7-5-24-66-101(81-28-12-9-13-29-81)95-37-21-18-34-89(95)91-63-50-79(71-97(91)101)76-46-55-85(56-47-76)103(84-53-44-75(45-54-84)78-52-65-100-94(70-78)93-36-20-23-39-99(93)104(100)83-32-16-11-17-33-83)86-57-48-77(49-58-86)80-51-64-92-90-35-19-22-38-96(90)102(98(92)72-80,82-30-14-10-15-31-82)67-25-6-8-27-69-106-88-61-42-74(4-2)43-62-88/h3-4,9-23,28-65,70-72H,1-2,5-8,24-27,66-69H2. The van der Waals surface area contributed by atoms with E-state index < -0.39 is 0 Å². The third-order valence-electron chi connectivity index (χ3n) is 22.6. The molecule has 2 unspecified atom stereocenters. The monoisotopic (exact) mass is 1370 g/mol. The fourth-order valence-corrected chi connectivity index (χ4v) is 17.3. The second-order valence-corrected chi connectivity index (χ2v) is 28.6. The molecule has 0 aliphatic heterocycles. The van der Waals surface area contributed by atoms with Gasteiger partial charge in [-0.3, -0.25) is 0 Å². The molecule has 0 saturated carbocycles. The average Bonchev–Trinajstić information content (AvgIpc) is 1.54. The van der Waals surface area contributed by atoms with Crippen LogP contribution < -0.4 is 14.4 Å². The van der Waals surface area contributed by atoms with Gasteiger partial charge in [-0.05, 0) is 229 Å². The number of rotatable bonds is 27. The summed E-state index contributed by atoms with van der Waals surface area (Å²) in [6.45, 7) is 9.22. The summed E-state index contributed by atoms with van der Waals surface area (Å²) in [6.07, 6.45) is 14.4. The molecule has 0 spiro atoms. The number of hydrogen-bond acceptors (Lipinski definition) is 3. The fourth-order valence-electron chi connectivity index (χ4n) is 17.3. The van der Waals surface area contributed by atoms with Gasteiger partial charge in [0.05, 0.1) is 24.2 Å². The molecule has 0 radical (unpaired) electrons. The van der Waals surface area contributed by atoms with Gasteiger partial charge in [0.25, 0.3) is 0 Å². The summed E-state index contributed by atoms with van der Waals surface area (Å²) in [5.74, 6) is 1.82. The maximum Gasteiger partial charge on any atom is 0.119 e. The minimum atomic E-state index is -0.304. The first kappa shape index (κ1) is 67.0. The number of nitrogens with zero attached hydrogens (tertiary/aromatic N) is 2. The van der Waals surface area contributed by atoms with Gasteiger partial charge in [-0.25, -0.2) is 0 Å². The molecule has 4 nitrogen and oxygen atoms in total. The number of fused-ring (bicyclic) bond motifs is 9. The normalized spacial score (nSPS) is 14.6. The zero-order chi connectivity index (χ0) is 71.2. The van der Waals surface area contributed by atoms with Gasteiger partial charge in [-0.2, -0.15) is 0 Å². The topological polar surface area (TPSA) is 26.6 Å². The van der Waals surface area contributed by atoms with Crippen LogP contribution in [0.25, 0.3) is 95.3 Å². The van der Waals surface area contributed by atoms with Crippen LogP contribution in [-0.2, 0) is 10.8 Å². The average molecular weight is 1370 g/mol. The Labute approximate surface area is 624 Å². The van der Waals surface area contributed by atoms with Crippen molar-refractivity contribution in [2.24, 2.45) is 0 Å². The Kier molecular flexibility index (Phi) is 18.9. The van der Waals surface area contributed by atoms with E-state index in [-0.39, 0.29) is 10.8 Å². The molecule has 106 heavy (non-hydrogen) atoms. The third-order valence-corrected chi connectivity index (χ3v) is 22.6. The summed E-state index contributed by atoms with van der Waals surface area (Å²) in [7, 11) is 0. The number of unbranched alkanes of at least 4 members (excludes halogenated alkanes) is 6. The number of hydrogen-bond donors (Lipinski definition) is 0. The molecular weight excluding hydrogens is 1290 g/mol. The Morgan fingerprint density at radius 1 is 0.292 bits per heavy atom. The smallest absolute Gasteiger partial charge is 0.119 e. The van der Waals surface area contributed by atoms with Gasteiger partial charge >= 0.3 is 0 Å². The molecule has 2 atom stereocenters. The SMILES string of the molecule is C=Cc1ccc(OCCCCCCC2(c3ccccc3)c3ccccc3-c3ccc(-c4ccc(N(c5ccc(-c6ccc7c(c6)C(CCCCCCOc6ccc(C=C)cc6)(c6ccccc6)c6ccccc6-7)cc5)c5ccc(-c6ccc7c(c6)c6ccccc6n7-c6ccccc6)cc5)cc4)cc32)cc1. The molecule has 1 heterocycles. The molecule has 0 fully saturated rings. The van der Waals surface area contributed by atoms with Crippen molar-refractivity contribution in [3.8, 4) is 72.8 Å². The molecule has 0 saturated heterocycles. The van der Waals surface area contributed by atoms with Crippen LogP contribution in [0.1, 0.15) is 109 Å². The Morgan fingerprint density at radius 2 is 0.660 bits per heavy atom. The summed E-state index contributed by atoms with van der Waals surface area (Å²) < 4.78 is 14.7. The highest BCUT2D eigenvalue weighted by Gasteiger charge is 2.46. The first-order valence-electron chi connectivity index (χ1n) is 38.0. The molecule has 14 aromatic carbocycles. The van der Waals surface area contributed by atoms with Gasteiger partial charge in [-0.1, -0.05) is 300 Å². The quantitative estimate of drug-likeness (QED) is 0.0480. The van der Waals surface area contributed by atoms with Crippen LogP contribution in [0.3, 0.4) is 0 Å². The highest BCUT2D eigenvalue weighted by atomic mass is 16.5. The lowest BCUT2D eigenvalue weighted by molar-refractivity contribution is 0.303. The van der Waals surface area contributed by atoms with E-state index in [4.69, 9.17) is 9.47 Å². The van der Waals surface area contributed by atoms with E-state index in [9.17, 15) is 0 Å². The number of benzene rings is 14. The number of ether oxygens (including phenoxy) is 2. The predicted octanol–water partition coefficient (Wildman–Crippen LogP) is 27.2. The van der Waals surface area contributed by atoms with Crippen molar-refractivity contribution in [1.29, 1.82) is 0 Å². The van der Waals surface area contributed by atoms with Gasteiger partial charge in [0, 0.05) is 44.4 Å². The highest BCUT2D eigenvalue weighted by molar-refractivity contribution is 6.10. The zero-order valence-corrected chi connectivity index (χ0v) is 60.1. The summed E-state index contributed by atoms with van der Waals surface area (Å²) in [6, 6.07) is 126. The van der Waals surface area contributed by atoms with Crippen molar-refractivity contribution in [1.82, 2.24) is 4.57 Å². The molecule has 0 amide bonds. The van der Waals surface area contributed by atoms with E-state index in [0.29, 0.717) is 13.2 Å². The van der Waals surface area contributed by atoms with E-state index in [2.05, 4.69) is 338 Å². The summed E-state index contributed by atoms with van der Waals surface area (Å²) >= 11 is 0. The van der Waals surface area contributed by atoms with Gasteiger partial charge in [0.1, 0.15) is 11.5 Å². The van der Waals surface area contributed by atoms with Crippen molar-refractivity contribution in [2.75, 3.05) is 18.1 Å². The lowest BCUT2D eigenvalue weighted by atomic mass is 9.69. The maximum absolute atomic E-state index is 6.18. The molecule has 15 aromatic rings. The summed E-state index contributed by atoms with van der Waals surface area (Å²) in [4.78, 5) is 2.42. The van der Waals surface area contributed by atoms with Crippen LogP contribution in [0.5, 0.6) is 11.5 Å². The Balaban J connectivity index is 0.691. The Morgan fingerprint density at radius 3 is 1.12 bits per heavy atom. The highest BCUT2D eigenvalue weighted by Crippen LogP contribution is 2.58. The number of aromatic nitrogens is 1. The minimum absolute atomic E-state index is 0.304. The van der Waals surface area contributed by atoms with E-state index in [1.165, 1.54) is 105 Å². The van der Waals surface area contributed by atoms with Crippen LogP contribution in [0.15, 0.2) is 353 Å². The van der Waals surface area contributed by atoms with E-state index in [1.807, 2.05) is 36.4 Å². The maximum atomic E-state index is 6.18. The lowest BCUT2D eigenvalue weighted by Crippen LogP contribution is -2.27. The summed E-state index contributed by atoms with van der Waals surface area (Å²) in [5.41, 5.74) is 29.1. The molecule has 17 rings (SSSR count). The first-order chi connectivity index (χ1) is 52.4. The van der Waals surface area contributed by atoms with Gasteiger partial charge in [-0.15, -0.1) is 0 Å². The second-order valence-electron chi connectivity index (χ2n) is 28.6. The zero-order valence-electron chi connectivity index (χ0n) is 60.1. The van der Waals surface area contributed by atoms with Crippen LogP contribution in [0.2, 0.25) is 0 Å². The predicted molar refractivity (Wildman–Crippen MR) is 446 cm³/mol. The van der Waals surface area contributed by atoms with E-state index >= 15 is 0 Å². The second kappa shape index (κ2) is 29.8. The lowest BCUT2D eigenvalue weighted by Gasteiger charge is -2.33. The van der Waals surface area contributed by atoms with Crippen LogP contribution in [0, 0.1) is 0 Å². The Hall–Kier alpha value is -12.2. The van der Waals surface area contributed by atoms with Crippen molar-refractivity contribution in [3.63, 3.8) is 0 Å². The van der Waals surface area contributed by atoms with Gasteiger partial charge in [0.2, 0.25) is 0 Å². The molecule has 2 aliphatic carbocycles. The van der Waals surface area contributed by atoms with Crippen molar-refractivity contribution in [2.45, 2.75) is 75.0 Å². The molecule has 516 valence electrons. The molecule has 2 aliphatic rings. The fraction of sp³-hybridized carbons (Fsp3) is 0.137. The molecule has 4 heteroatoms. The van der Waals surface area contributed by atoms with Gasteiger partial charge < -0.3 is 18.9 Å². The summed E-state index contributed by atoms with van der Waals surface area (Å²) in [5, 5.41) is 2.48. The van der Waals surface area contributed by atoms with Crippen LogP contribution in [-0.4, -0.2) is 17.8 Å². The third kappa shape index (κ3) is 12.7. The minimum Gasteiger partial charge on any atom is -0.494 e. The van der Waals surface area contributed by atoms with Gasteiger partial charge in [0.15, 0.2) is 0 Å². The van der Waals surface area contributed by atoms with E-state index in [0.717, 1.165) is 115 Å². The Bertz CT molecular complexity index is 5350. The number of para-hydroxylation sites is 2. The molecule has 0 N–H and O–H groups in total.